The van der Waals surface area contributed by atoms with Crippen molar-refractivity contribution >= 4 is 5.96 Å². The lowest BCUT2D eigenvalue weighted by Gasteiger charge is -2.19. The molecular weight excluding hydrogens is 312 g/mol. The summed E-state index contributed by atoms with van der Waals surface area (Å²) in [5.41, 5.74) is 2.17. The van der Waals surface area contributed by atoms with Crippen LogP contribution in [-0.2, 0) is 6.54 Å². The van der Waals surface area contributed by atoms with Crippen molar-refractivity contribution in [3.8, 4) is 5.75 Å². The largest absolute Gasteiger partial charge is 0.434 e. The molecule has 0 unspecified atom stereocenters. The van der Waals surface area contributed by atoms with Gasteiger partial charge < -0.3 is 15.4 Å². The lowest BCUT2D eigenvalue weighted by atomic mass is 10.0. The molecule has 2 aliphatic rings. The van der Waals surface area contributed by atoms with E-state index in [1.54, 1.807) is 19.2 Å². The molecule has 0 amide bonds. The normalized spacial score (nSPS) is 19.3. The number of nitrogens with zero attached hydrogens (tertiary/aromatic N) is 1. The average molecular weight is 337 g/mol. The number of ether oxygens (including phenoxy) is 1. The minimum absolute atomic E-state index is 0.204. The Balaban J connectivity index is 1.56. The molecule has 3 rings (SSSR count). The second-order valence-corrected chi connectivity index (χ2v) is 6.91. The third kappa shape index (κ3) is 4.16. The Bertz CT molecular complexity index is 610. The predicted molar refractivity (Wildman–Crippen MR) is 90.4 cm³/mol. The Morgan fingerprint density at radius 1 is 1.33 bits per heavy atom. The smallest absolute Gasteiger partial charge is 0.387 e. The van der Waals surface area contributed by atoms with Gasteiger partial charge in [-0.15, -0.1) is 0 Å². The second-order valence-electron chi connectivity index (χ2n) is 6.91. The fourth-order valence-electron chi connectivity index (χ4n) is 3.30. The summed E-state index contributed by atoms with van der Waals surface area (Å²) < 4.78 is 29.7. The predicted octanol–water partition coefficient (Wildman–Crippen LogP) is 3.45. The molecule has 0 bridgehead atoms. The highest BCUT2D eigenvalue weighted by Crippen LogP contribution is 2.60. The number of aliphatic imine (C=N–C) groups is 1. The van der Waals surface area contributed by atoms with Gasteiger partial charge in [0.1, 0.15) is 5.75 Å². The second kappa shape index (κ2) is 6.95. The van der Waals surface area contributed by atoms with Gasteiger partial charge in [0.25, 0.3) is 0 Å². The van der Waals surface area contributed by atoms with Gasteiger partial charge in [0, 0.05) is 25.7 Å². The molecule has 0 atom stereocenters. The van der Waals surface area contributed by atoms with Gasteiger partial charge in [0.15, 0.2) is 5.96 Å². The highest BCUT2D eigenvalue weighted by Gasteiger charge is 2.53. The Morgan fingerprint density at radius 3 is 2.67 bits per heavy atom. The first kappa shape index (κ1) is 17.0. The van der Waals surface area contributed by atoms with Crippen LogP contribution in [0.25, 0.3) is 0 Å². The summed E-state index contributed by atoms with van der Waals surface area (Å²) in [6.07, 6.45) is 5.30. The van der Waals surface area contributed by atoms with Crippen molar-refractivity contribution in [2.75, 3.05) is 13.6 Å². The molecule has 2 aliphatic carbocycles. The molecular formula is C18H25F2N3O. The molecule has 2 saturated carbocycles. The quantitative estimate of drug-likeness (QED) is 0.592. The number of rotatable bonds is 7. The van der Waals surface area contributed by atoms with Crippen molar-refractivity contribution in [2.45, 2.75) is 45.8 Å². The highest BCUT2D eigenvalue weighted by molar-refractivity contribution is 5.79. The number of aryl methyl sites for hydroxylation is 1. The van der Waals surface area contributed by atoms with Crippen LogP contribution in [0.5, 0.6) is 5.75 Å². The van der Waals surface area contributed by atoms with E-state index in [1.807, 2.05) is 13.0 Å². The number of halogens is 2. The molecule has 0 radical (unpaired) electrons. The van der Waals surface area contributed by atoms with E-state index in [9.17, 15) is 8.78 Å². The lowest BCUT2D eigenvalue weighted by molar-refractivity contribution is -0.0504. The third-order valence-electron chi connectivity index (χ3n) is 5.05. The molecule has 0 heterocycles. The molecule has 0 aliphatic heterocycles. The maximum absolute atomic E-state index is 12.5. The summed E-state index contributed by atoms with van der Waals surface area (Å²) in [5.74, 6) is 1.78. The van der Waals surface area contributed by atoms with Crippen LogP contribution in [0, 0.1) is 18.3 Å². The van der Waals surface area contributed by atoms with Crippen molar-refractivity contribution in [1.29, 1.82) is 0 Å². The maximum Gasteiger partial charge on any atom is 0.387 e. The monoisotopic (exact) mass is 337 g/mol. The molecule has 0 saturated heterocycles. The Kier molecular flexibility index (Phi) is 4.92. The summed E-state index contributed by atoms with van der Waals surface area (Å²) in [4.78, 5) is 4.23. The van der Waals surface area contributed by atoms with Gasteiger partial charge in [-0.2, -0.15) is 8.78 Å². The van der Waals surface area contributed by atoms with Crippen LogP contribution in [0.1, 0.15) is 36.8 Å². The number of nitrogens with one attached hydrogen (secondary N) is 2. The minimum Gasteiger partial charge on any atom is -0.434 e. The molecule has 1 aromatic carbocycles. The number of guanidine groups is 1. The zero-order valence-electron chi connectivity index (χ0n) is 14.2. The van der Waals surface area contributed by atoms with Gasteiger partial charge in [0.2, 0.25) is 0 Å². The van der Waals surface area contributed by atoms with E-state index in [0.29, 0.717) is 23.5 Å². The van der Waals surface area contributed by atoms with Crippen LogP contribution < -0.4 is 15.4 Å². The summed E-state index contributed by atoms with van der Waals surface area (Å²) in [7, 11) is 1.72. The third-order valence-corrected chi connectivity index (χ3v) is 5.05. The first-order valence-corrected chi connectivity index (χ1v) is 8.51. The Hall–Kier alpha value is -1.85. The molecule has 132 valence electrons. The van der Waals surface area contributed by atoms with E-state index < -0.39 is 6.61 Å². The molecule has 2 N–H and O–H groups in total. The van der Waals surface area contributed by atoms with E-state index in [-0.39, 0.29) is 5.75 Å². The van der Waals surface area contributed by atoms with Crippen LogP contribution in [0.15, 0.2) is 23.2 Å². The van der Waals surface area contributed by atoms with Crippen LogP contribution in [-0.4, -0.2) is 26.2 Å². The van der Waals surface area contributed by atoms with Crippen LogP contribution in [0.3, 0.4) is 0 Å². The Labute approximate surface area is 141 Å². The zero-order valence-corrected chi connectivity index (χ0v) is 14.2. The summed E-state index contributed by atoms with van der Waals surface area (Å²) in [5, 5.41) is 6.59. The molecule has 6 heteroatoms. The number of benzene rings is 1. The van der Waals surface area contributed by atoms with Gasteiger partial charge in [-0.05, 0) is 50.0 Å². The fourth-order valence-corrected chi connectivity index (χ4v) is 3.30. The summed E-state index contributed by atoms with van der Waals surface area (Å²) >= 11 is 0. The van der Waals surface area contributed by atoms with E-state index >= 15 is 0 Å². The maximum atomic E-state index is 12.5. The van der Waals surface area contributed by atoms with Gasteiger partial charge >= 0.3 is 6.61 Å². The van der Waals surface area contributed by atoms with Crippen LogP contribution in [0.2, 0.25) is 0 Å². The number of alkyl halides is 2. The zero-order chi connectivity index (χ0) is 17.2. The molecule has 2 fully saturated rings. The van der Waals surface area contributed by atoms with E-state index in [1.165, 1.54) is 25.7 Å². The Morgan fingerprint density at radius 2 is 2.08 bits per heavy atom. The van der Waals surface area contributed by atoms with Crippen molar-refractivity contribution in [3.63, 3.8) is 0 Å². The number of hydrogen-bond donors (Lipinski definition) is 2. The molecule has 0 aromatic heterocycles. The topological polar surface area (TPSA) is 45.7 Å². The van der Waals surface area contributed by atoms with E-state index in [0.717, 1.165) is 18.0 Å². The molecule has 0 spiro atoms. The first-order chi connectivity index (χ1) is 11.5. The minimum atomic E-state index is -2.82. The number of hydrogen-bond acceptors (Lipinski definition) is 2. The van der Waals surface area contributed by atoms with Crippen LogP contribution >= 0.6 is 0 Å². The first-order valence-electron chi connectivity index (χ1n) is 8.51. The average Bonchev–Trinajstić information content (AvgIpc) is 3.42. The lowest BCUT2D eigenvalue weighted by Crippen LogP contribution is -2.40. The van der Waals surface area contributed by atoms with Crippen molar-refractivity contribution in [3.05, 3.63) is 29.3 Å². The van der Waals surface area contributed by atoms with E-state index in [2.05, 4.69) is 20.4 Å². The molecule has 1 aromatic rings. The van der Waals surface area contributed by atoms with Gasteiger partial charge in [-0.25, -0.2) is 0 Å². The van der Waals surface area contributed by atoms with Crippen LogP contribution in [0.4, 0.5) is 8.78 Å². The van der Waals surface area contributed by atoms with Gasteiger partial charge in [0.05, 0.1) is 0 Å². The molecule has 4 nitrogen and oxygen atoms in total. The molecule has 24 heavy (non-hydrogen) atoms. The van der Waals surface area contributed by atoms with Crippen molar-refractivity contribution < 1.29 is 13.5 Å². The SMILES string of the molecule is CN=C(NCc1cc(C)ccc1OC(F)F)NCC1(C2CC2)CC1. The summed E-state index contributed by atoms with van der Waals surface area (Å²) in [6.45, 7) is 0.429. The highest BCUT2D eigenvalue weighted by atomic mass is 19.3. The fraction of sp³-hybridized carbons (Fsp3) is 0.611. The van der Waals surface area contributed by atoms with Crippen molar-refractivity contribution in [1.82, 2.24) is 10.6 Å². The standard InChI is InChI=1S/C18H25F2N3O/c1-12-3-6-15(24-16(19)20)13(9-12)10-22-17(21-2)23-11-18(7-8-18)14-4-5-14/h3,6,9,14,16H,4-5,7-8,10-11H2,1-2H3,(H2,21,22,23). The van der Waals surface area contributed by atoms with Crippen molar-refractivity contribution in [2.24, 2.45) is 16.3 Å². The van der Waals surface area contributed by atoms with E-state index in [4.69, 9.17) is 0 Å². The summed E-state index contributed by atoms with van der Waals surface area (Å²) in [6, 6.07) is 5.20. The van der Waals surface area contributed by atoms with Gasteiger partial charge in [-0.3, -0.25) is 4.99 Å². The van der Waals surface area contributed by atoms with Gasteiger partial charge in [-0.1, -0.05) is 17.7 Å².